The van der Waals surface area contributed by atoms with Crippen LogP contribution in [0.1, 0.15) is 22.8 Å². The van der Waals surface area contributed by atoms with Crippen molar-refractivity contribution in [3.63, 3.8) is 0 Å². The van der Waals surface area contributed by atoms with Crippen molar-refractivity contribution in [2.24, 2.45) is 10.2 Å². The smallest absolute Gasteiger partial charge is 0.339 e. The van der Waals surface area contributed by atoms with Gasteiger partial charge in [-0.05, 0) is 77.4 Å². The minimum atomic E-state index is -4.81. The number of aliphatic carboxylic acids is 1. The first kappa shape index (κ1) is 30.5. The molecule has 1 amide bonds. The van der Waals surface area contributed by atoms with Crippen LogP contribution in [0.15, 0.2) is 106 Å². The Morgan fingerprint density at radius 2 is 1.36 bits per heavy atom. The first-order valence-electron chi connectivity index (χ1n) is 13.1. The molecule has 0 spiro atoms. The van der Waals surface area contributed by atoms with Crippen molar-refractivity contribution in [3.8, 4) is 11.1 Å². The lowest BCUT2D eigenvalue weighted by atomic mass is 9.94. The SMILES string of the molecule is CC(=O)Nc1ccc2c(c1)C(=O)C(=NNc1ccc(-c3ccc(NN=C4C=CC(=O)C(C(=O)O)=C4)cc3)cc1)C(S(=O)(=O)O)=C2. The highest BCUT2D eigenvalue weighted by atomic mass is 32.2. The van der Waals surface area contributed by atoms with Crippen LogP contribution in [0.25, 0.3) is 17.2 Å². The van der Waals surface area contributed by atoms with Gasteiger partial charge < -0.3 is 10.4 Å². The Bertz CT molecular complexity index is 2020. The number of carbonyl (C=O) groups is 4. The van der Waals surface area contributed by atoms with Crippen molar-refractivity contribution in [1.82, 2.24) is 0 Å². The Labute approximate surface area is 256 Å². The molecule has 5 rings (SSSR count). The minimum Gasteiger partial charge on any atom is -0.478 e. The van der Waals surface area contributed by atoms with Crippen molar-refractivity contribution in [2.45, 2.75) is 6.92 Å². The molecule has 14 heteroatoms. The number of benzene rings is 3. The maximum atomic E-state index is 13.2. The first-order chi connectivity index (χ1) is 21.4. The second-order valence-corrected chi connectivity index (χ2v) is 11.1. The van der Waals surface area contributed by atoms with Crippen LogP contribution in [0.3, 0.4) is 0 Å². The van der Waals surface area contributed by atoms with Gasteiger partial charge in [0, 0.05) is 18.2 Å². The van der Waals surface area contributed by atoms with E-state index in [2.05, 4.69) is 26.4 Å². The summed E-state index contributed by atoms with van der Waals surface area (Å²) >= 11 is 0. The molecular formula is C31H23N5O8S. The van der Waals surface area contributed by atoms with E-state index in [0.717, 1.165) is 23.3 Å². The summed E-state index contributed by atoms with van der Waals surface area (Å²) < 4.78 is 34.0. The van der Waals surface area contributed by atoms with Crippen LogP contribution in [-0.4, -0.2) is 52.9 Å². The molecule has 3 aromatic rings. The number of carboxylic acids is 1. The highest BCUT2D eigenvalue weighted by Gasteiger charge is 2.33. The molecule has 2 aliphatic carbocycles. The number of hydrogen-bond donors (Lipinski definition) is 5. The summed E-state index contributed by atoms with van der Waals surface area (Å²) in [6.07, 6.45) is 4.86. The fourth-order valence-electron chi connectivity index (χ4n) is 4.39. The molecule has 0 radical (unpaired) electrons. The predicted molar refractivity (Wildman–Crippen MR) is 168 cm³/mol. The van der Waals surface area contributed by atoms with Crippen LogP contribution < -0.4 is 16.2 Å². The average molecular weight is 626 g/mol. The Morgan fingerprint density at radius 1 is 0.778 bits per heavy atom. The zero-order valence-electron chi connectivity index (χ0n) is 23.3. The second-order valence-electron chi connectivity index (χ2n) is 9.73. The largest absolute Gasteiger partial charge is 0.478 e. The van der Waals surface area contributed by atoms with Gasteiger partial charge in [0.05, 0.1) is 17.1 Å². The standard InChI is InChI=1S/C31H23N5O8S/c1-17(37)32-23-11-6-20-14-28(45(42,43)44)29(30(39)25(20)15-23)36-34-22-9-4-19(5-10-22)18-2-7-21(8-3-18)33-35-24-12-13-27(38)26(16-24)31(40)41/h2-16,33-34H,1H3,(H,32,37)(H,40,41)(H,42,43,44). The van der Waals surface area contributed by atoms with Crippen molar-refractivity contribution < 1.29 is 37.3 Å². The first-order valence-corrected chi connectivity index (χ1v) is 14.5. The van der Waals surface area contributed by atoms with Gasteiger partial charge in [0.25, 0.3) is 10.1 Å². The molecule has 0 aliphatic heterocycles. The number of amides is 1. The molecule has 0 heterocycles. The third-order valence-corrected chi connectivity index (χ3v) is 7.41. The van der Waals surface area contributed by atoms with Gasteiger partial charge in [0.1, 0.15) is 10.5 Å². The molecule has 2 aliphatic rings. The monoisotopic (exact) mass is 625 g/mol. The molecule has 13 nitrogen and oxygen atoms in total. The Balaban J connectivity index is 1.30. The minimum absolute atomic E-state index is 0.0978. The molecule has 0 unspecified atom stereocenters. The number of allylic oxidation sites excluding steroid dienone is 4. The maximum absolute atomic E-state index is 13.2. The van der Waals surface area contributed by atoms with Gasteiger partial charge in [-0.2, -0.15) is 18.6 Å². The molecule has 0 saturated heterocycles. The predicted octanol–water partition coefficient (Wildman–Crippen LogP) is 4.12. The van der Waals surface area contributed by atoms with E-state index in [0.29, 0.717) is 17.1 Å². The van der Waals surface area contributed by atoms with E-state index in [1.54, 1.807) is 36.4 Å². The van der Waals surface area contributed by atoms with Gasteiger partial charge in [-0.25, -0.2) is 4.79 Å². The molecule has 45 heavy (non-hydrogen) atoms. The number of nitrogens with one attached hydrogen (secondary N) is 3. The quantitative estimate of drug-likeness (QED) is 0.105. The number of hydrazone groups is 2. The van der Waals surface area contributed by atoms with Gasteiger partial charge in [-0.3, -0.25) is 29.8 Å². The van der Waals surface area contributed by atoms with Crippen LogP contribution in [0.4, 0.5) is 17.1 Å². The van der Waals surface area contributed by atoms with E-state index in [-0.39, 0.29) is 28.3 Å². The normalized spacial score (nSPS) is 16.1. The summed E-state index contributed by atoms with van der Waals surface area (Å²) in [5, 5.41) is 19.8. The number of carboxylic acid groups (broad SMARTS) is 1. The second kappa shape index (κ2) is 12.3. The molecule has 3 aromatic carbocycles. The summed E-state index contributed by atoms with van der Waals surface area (Å²) in [5.41, 5.74) is 8.22. The van der Waals surface area contributed by atoms with Crippen LogP contribution in [-0.2, 0) is 24.5 Å². The van der Waals surface area contributed by atoms with Gasteiger partial charge in [0.2, 0.25) is 11.7 Å². The highest BCUT2D eigenvalue weighted by Crippen LogP contribution is 2.29. The zero-order valence-corrected chi connectivity index (χ0v) is 24.1. The summed E-state index contributed by atoms with van der Waals surface area (Å²) in [4.78, 5) is 46.8. The van der Waals surface area contributed by atoms with E-state index in [1.165, 1.54) is 37.3 Å². The Hall–Kier alpha value is -5.99. The highest BCUT2D eigenvalue weighted by molar-refractivity contribution is 7.91. The van der Waals surface area contributed by atoms with E-state index >= 15 is 0 Å². The van der Waals surface area contributed by atoms with Gasteiger partial charge in [-0.15, -0.1) is 0 Å². The number of hydrogen-bond acceptors (Lipinski definition) is 10. The van der Waals surface area contributed by atoms with E-state index in [1.807, 2.05) is 12.1 Å². The van der Waals surface area contributed by atoms with Crippen LogP contribution in [0, 0.1) is 0 Å². The molecule has 0 bridgehead atoms. The summed E-state index contributed by atoms with van der Waals surface area (Å²) in [6, 6.07) is 18.4. The number of anilines is 3. The van der Waals surface area contributed by atoms with E-state index in [9.17, 15) is 32.1 Å². The number of Topliss-reactive ketones (excluding diaryl/α,β-unsaturated/α-hetero) is 1. The molecule has 226 valence electrons. The molecule has 0 atom stereocenters. The maximum Gasteiger partial charge on any atom is 0.339 e. The molecule has 5 N–H and O–H groups in total. The third-order valence-electron chi connectivity index (χ3n) is 6.54. The van der Waals surface area contributed by atoms with Crippen LogP contribution in [0.2, 0.25) is 0 Å². The van der Waals surface area contributed by atoms with Crippen LogP contribution >= 0.6 is 0 Å². The van der Waals surface area contributed by atoms with Gasteiger partial charge in [-0.1, -0.05) is 30.3 Å². The van der Waals surface area contributed by atoms with Crippen molar-refractivity contribution >= 4 is 68.1 Å². The van der Waals surface area contributed by atoms with Crippen molar-refractivity contribution in [3.05, 3.63) is 107 Å². The summed E-state index contributed by atoms with van der Waals surface area (Å²) in [5.74, 6) is -3.05. The molecule has 0 saturated carbocycles. The fourth-order valence-corrected chi connectivity index (χ4v) is 5.05. The van der Waals surface area contributed by atoms with Gasteiger partial charge in [0.15, 0.2) is 11.5 Å². The Kier molecular flexibility index (Phi) is 8.34. The van der Waals surface area contributed by atoms with Crippen LogP contribution in [0.5, 0.6) is 0 Å². The number of nitrogens with zero attached hydrogens (tertiary/aromatic N) is 2. The lowest BCUT2D eigenvalue weighted by Crippen LogP contribution is -2.27. The number of carbonyl (C=O) groups excluding carboxylic acids is 3. The molecule has 0 aromatic heterocycles. The Morgan fingerprint density at radius 3 is 1.91 bits per heavy atom. The average Bonchev–Trinajstić information content (AvgIpc) is 3.00. The fraction of sp³-hybridized carbons (Fsp3) is 0.0323. The van der Waals surface area contributed by atoms with Crippen molar-refractivity contribution in [1.29, 1.82) is 0 Å². The lowest BCUT2D eigenvalue weighted by Gasteiger charge is -2.17. The van der Waals surface area contributed by atoms with E-state index in [4.69, 9.17) is 5.11 Å². The summed E-state index contributed by atoms with van der Waals surface area (Å²) in [6.45, 7) is 1.31. The number of ketones is 2. The topological polar surface area (TPSA) is 204 Å². The van der Waals surface area contributed by atoms with Gasteiger partial charge >= 0.3 is 5.97 Å². The number of fused-ring (bicyclic) bond motifs is 1. The summed E-state index contributed by atoms with van der Waals surface area (Å²) in [7, 11) is -4.81. The zero-order chi connectivity index (χ0) is 32.3. The molecule has 0 fully saturated rings. The lowest BCUT2D eigenvalue weighted by molar-refractivity contribution is -0.134. The number of rotatable bonds is 8. The van der Waals surface area contributed by atoms with E-state index < -0.39 is 38.3 Å². The molecular weight excluding hydrogens is 602 g/mol. The van der Waals surface area contributed by atoms with Crippen molar-refractivity contribution in [2.75, 3.05) is 16.2 Å². The third kappa shape index (κ3) is 6.98.